The average molecular weight is 1450 g/mol. The summed E-state index contributed by atoms with van der Waals surface area (Å²) in [5, 5.41) is 10.6. The Kier molecular flexibility index (Phi) is 67.8. The number of phosphoric acid groups is 2. The molecule has 7 atom stereocenters. The third kappa shape index (κ3) is 71.5. The molecular weight excluding hydrogens is 1290 g/mol. The van der Waals surface area contributed by atoms with Gasteiger partial charge in [-0.1, -0.05) is 357 Å². The van der Waals surface area contributed by atoms with Gasteiger partial charge in [0.05, 0.1) is 26.4 Å². The number of esters is 4. The number of phosphoric ester groups is 2. The van der Waals surface area contributed by atoms with E-state index >= 15 is 0 Å². The van der Waals surface area contributed by atoms with Gasteiger partial charge in [-0.15, -0.1) is 0 Å². The molecule has 0 aliphatic carbocycles. The average Bonchev–Trinajstić information content (AvgIpc) is 0.939. The first-order valence-electron chi connectivity index (χ1n) is 41.3. The summed E-state index contributed by atoms with van der Waals surface area (Å²) in [6, 6.07) is 0. The van der Waals surface area contributed by atoms with Crippen molar-refractivity contribution in [2.45, 2.75) is 427 Å². The van der Waals surface area contributed by atoms with Gasteiger partial charge in [0.25, 0.3) is 0 Å². The van der Waals surface area contributed by atoms with Crippen LogP contribution in [-0.4, -0.2) is 96.7 Å². The van der Waals surface area contributed by atoms with E-state index in [-0.39, 0.29) is 25.7 Å². The fourth-order valence-electron chi connectivity index (χ4n) is 12.2. The molecule has 0 spiro atoms. The number of aliphatic hydroxyl groups is 1. The van der Waals surface area contributed by atoms with Crippen molar-refractivity contribution in [1.82, 2.24) is 0 Å². The van der Waals surface area contributed by atoms with Gasteiger partial charge in [0.15, 0.2) is 12.2 Å². The molecule has 99 heavy (non-hydrogen) atoms. The van der Waals surface area contributed by atoms with Gasteiger partial charge in [-0.25, -0.2) is 9.13 Å². The molecule has 588 valence electrons. The molecule has 0 rings (SSSR count). The Morgan fingerprint density at radius 3 is 0.717 bits per heavy atom. The van der Waals surface area contributed by atoms with Crippen LogP contribution in [0.2, 0.25) is 0 Å². The molecule has 0 saturated carbocycles. The van der Waals surface area contributed by atoms with Crippen LogP contribution in [0.1, 0.15) is 409 Å². The van der Waals surface area contributed by atoms with Gasteiger partial charge in [-0.2, -0.15) is 0 Å². The Labute approximate surface area is 607 Å². The molecule has 0 fully saturated rings. The Morgan fingerprint density at radius 2 is 0.485 bits per heavy atom. The van der Waals surface area contributed by atoms with Crippen LogP contribution in [0.4, 0.5) is 0 Å². The minimum atomic E-state index is -4.96. The number of hydrogen-bond acceptors (Lipinski definition) is 15. The summed E-state index contributed by atoms with van der Waals surface area (Å²) in [6.45, 7) is 14.3. The number of carbonyl (C=O) groups excluding carboxylic acids is 4. The first kappa shape index (κ1) is 97.1. The minimum Gasteiger partial charge on any atom is -0.462 e. The van der Waals surface area contributed by atoms with Crippen LogP contribution < -0.4 is 0 Å². The summed E-state index contributed by atoms with van der Waals surface area (Å²) in [7, 11) is -9.92. The summed E-state index contributed by atoms with van der Waals surface area (Å²) in [5.41, 5.74) is 0. The van der Waals surface area contributed by atoms with Crippen molar-refractivity contribution in [1.29, 1.82) is 0 Å². The summed E-state index contributed by atoms with van der Waals surface area (Å²) < 4.78 is 68.7. The quantitative estimate of drug-likeness (QED) is 0.0222. The molecule has 0 bridgehead atoms. The van der Waals surface area contributed by atoms with Gasteiger partial charge in [0.2, 0.25) is 0 Å². The van der Waals surface area contributed by atoms with E-state index in [1.807, 2.05) is 0 Å². The van der Waals surface area contributed by atoms with Gasteiger partial charge < -0.3 is 33.8 Å². The van der Waals surface area contributed by atoms with Gasteiger partial charge in [-0.3, -0.25) is 37.3 Å². The van der Waals surface area contributed by atoms with Crippen molar-refractivity contribution in [3.63, 3.8) is 0 Å². The van der Waals surface area contributed by atoms with Crippen LogP contribution in [0.3, 0.4) is 0 Å². The smallest absolute Gasteiger partial charge is 0.462 e. The molecule has 0 radical (unpaired) electrons. The second kappa shape index (κ2) is 69.1. The van der Waals surface area contributed by atoms with Gasteiger partial charge >= 0.3 is 39.5 Å². The predicted octanol–water partition coefficient (Wildman–Crippen LogP) is 23.6. The normalized spacial score (nSPS) is 14.6. The molecule has 0 heterocycles. The Balaban J connectivity index is 5.28. The van der Waals surface area contributed by atoms with Gasteiger partial charge in [0, 0.05) is 25.7 Å². The van der Waals surface area contributed by atoms with E-state index in [9.17, 15) is 43.2 Å². The van der Waals surface area contributed by atoms with Crippen LogP contribution in [-0.2, 0) is 65.4 Å². The van der Waals surface area contributed by atoms with Crippen molar-refractivity contribution in [3.8, 4) is 0 Å². The molecule has 0 aromatic carbocycles. The minimum absolute atomic E-state index is 0.106. The second-order valence-corrected chi connectivity index (χ2v) is 33.1. The Bertz CT molecular complexity index is 1940. The first-order valence-corrected chi connectivity index (χ1v) is 44.3. The summed E-state index contributed by atoms with van der Waals surface area (Å²) in [5.74, 6) is 1.06. The molecule has 0 saturated heterocycles. The maximum atomic E-state index is 13.1. The first-order chi connectivity index (χ1) is 47.7. The summed E-state index contributed by atoms with van der Waals surface area (Å²) in [6.07, 6.45) is 55.2. The SMILES string of the molecule is CCC(C)CCCCCCCCCCCCC(=O)OC[C@H](COP(=O)(O)OC[C@@H](O)COP(=O)(O)OC[C@@H](COC(=O)CCCCCCCCCCCCC(C)C)OC(=O)CCCCCCCCCCCCC(C)CC)OC(=O)CCCCCCCCCCCCCCCCCC(C)C. The fraction of sp³-hybridized carbons (Fsp3) is 0.950. The number of aliphatic hydroxyl groups excluding tert-OH is 1. The van der Waals surface area contributed by atoms with Crippen LogP contribution >= 0.6 is 15.6 Å². The zero-order chi connectivity index (χ0) is 73.1. The topological polar surface area (TPSA) is 237 Å². The van der Waals surface area contributed by atoms with Gasteiger partial charge in [-0.05, 0) is 49.4 Å². The van der Waals surface area contributed by atoms with E-state index in [0.717, 1.165) is 114 Å². The standard InChI is InChI=1S/C80H156O17P2/c1-9-72(7)58-50-42-34-26-19-22-29-37-45-53-61-78(83)91-66-75(96-79(84)62-54-46-38-30-17-15-13-11-12-14-16-24-32-40-48-56-70(3)4)68-94-98(86,87)92-64-74(81)65-93-99(88,89)95-69-76(67-90-77(82)60-52-44-36-28-21-18-25-33-41-49-57-71(5)6)97-80(85)63-55-47-39-31-23-20-27-35-43-51-59-73(8)10-2/h70-76,81H,9-69H2,1-8H3,(H,86,87)(H,88,89)/t72?,73?,74-,75-,76-/m1/s1. The molecule has 17 nitrogen and oxygen atoms in total. The lowest BCUT2D eigenvalue weighted by atomic mass is 9.99. The Hall–Kier alpha value is -1.94. The summed E-state index contributed by atoms with van der Waals surface area (Å²) >= 11 is 0. The van der Waals surface area contributed by atoms with Crippen molar-refractivity contribution in [3.05, 3.63) is 0 Å². The van der Waals surface area contributed by atoms with Crippen LogP contribution in [0.5, 0.6) is 0 Å². The zero-order valence-corrected chi connectivity index (χ0v) is 66.9. The monoisotopic (exact) mass is 1450 g/mol. The van der Waals surface area contributed by atoms with E-state index in [2.05, 4.69) is 55.4 Å². The third-order valence-electron chi connectivity index (χ3n) is 19.3. The lowest BCUT2D eigenvalue weighted by Gasteiger charge is -2.21. The highest BCUT2D eigenvalue weighted by Crippen LogP contribution is 2.45. The van der Waals surface area contributed by atoms with E-state index in [4.69, 9.17) is 37.0 Å². The highest BCUT2D eigenvalue weighted by molar-refractivity contribution is 7.47. The van der Waals surface area contributed by atoms with Crippen molar-refractivity contribution < 1.29 is 80.2 Å². The molecule has 4 unspecified atom stereocenters. The molecule has 0 aliphatic heterocycles. The number of rotatable bonds is 77. The zero-order valence-electron chi connectivity index (χ0n) is 65.1. The Morgan fingerprint density at radius 1 is 0.283 bits per heavy atom. The number of ether oxygens (including phenoxy) is 4. The maximum Gasteiger partial charge on any atom is 0.472 e. The fourth-order valence-corrected chi connectivity index (χ4v) is 13.8. The second-order valence-electron chi connectivity index (χ2n) is 30.2. The molecule has 3 N–H and O–H groups in total. The molecule has 0 amide bonds. The predicted molar refractivity (Wildman–Crippen MR) is 404 cm³/mol. The summed E-state index contributed by atoms with van der Waals surface area (Å²) in [4.78, 5) is 73.0. The van der Waals surface area contributed by atoms with Gasteiger partial charge in [0.1, 0.15) is 19.3 Å². The number of unbranched alkanes of at least 4 members (excludes halogenated alkanes) is 41. The molecule has 0 aromatic rings. The third-order valence-corrected chi connectivity index (χ3v) is 21.2. The van der Waals surface area contributed by atoms with Crippen molar-refractivity contribution in [2.75, 3.05) is 39.6 Å². The van der Waals surface area contributed by atoms with E-state index in [0.29, 0.717) is 25.7 Å². The van der Waals surface area contributed by atoms with Crippen LogP contribution in [0, 0.1) is 23.7 Å². The largest absolute Gasteiger partial charge is 0.472 e. The lowest BCUT2D eigenvalue weighted by molar-refractivity contribution is -0.161. The van der Waals surface area contributed by atoms with E-state index < -0.39 is 97.5 Å². The van der Waals surface area contributed by atoms with Crippen molar-refractivity contribution >= 4 is 39.5 Å². The molecule has 0 aliphatic rings. The van der Waals surface area contributed by atoms with Crippen LogP contribution in [0.15, 0.2) is 0 Å². The lowest BCUT2D eigenvalue weighted by Crippen LogP contribution is -2.30. The van der Waals surface area contributed by atoms with Crippen molar-refractivity contribution in [2.24, 2.45) is 23.7 Å². The van der Waals surface area contributed by atoms with E-state index in [1.165, 1.54) is 212 Å². The number of hydrogen-bond donors (Lipinski definition) is 3. The maximum absolute atomic E-state index is 13.1. The molecule has 19 heteroatoms. The molecular formula is C80H156O17P2. The van der Waals surface area contributed by atoms with Crippen LogP contribution in [0.25, 0.3) is 0 Å². The molecule has 0 aromatic heterocycles. The highest BCUT2D eigenvalue weighted by atomic mass is 31.2. The van der Waals surface area contributed by atoms with E-state index in [1.54, 1.807) is 0 Å². The highest BCUT2D eigenvalue weighted by Gasteiger charge is 2.30. The number of carbonyl (C=O) groups is 4.